The molecule has 128 valence electrons. The second-order valence-corrected chi connectivity index (χ2v) is 7.19. The molecule has 3 heterocycles. The van der Waals surface area contributed by atoms with Crippen molar-refractivity contribution in [3.63, 3.8) is 0 Å². The zero-order chi connectivity index (χ0) is 16.7. The minimum atomic E-state index is -0.249. The van der Waals surface area contributed by atoms with Gasteiger partial charge < -0.3 is 15.2 Å². The molecule has 2 aliphatic heterocycles. The molecule has 2 saturated heterocycles. The molecule has 0 spiro atoms. The standard InChI is InChI=1S/C17H22N4O3/c22-14-7-12(9-18-14)10-3-5-21(6-4-10)17(24)13-8-15(23)20-16(19-13)11-1-2-11/h8,10-12H,1-7,9H2,(H,18,22)(H,19,20,23). The summed E-state index contributed by atoms with van der Waals surface area (Å²) >= 11 is 0. The van der Waals surface area contributed by atoms with Gasteiger partial charge in [0.2, 0.25) is 5.91 Å². The highest BCUT2D eigenvalue weighted by molar-refractivity contribution is 5.92. The first-order valence-electron chi connectivity index (χ1n) is 8.77. The van der Waals surface area contributed by atoms with E-state index in [1.807, 2.05) is 0 Å². The van der Waals surface area contributed by atoms with Gasteiger partial charge in [-0.3, -0.25) is 14.4 Å². The summed E-state index contributed by atoms with van der Waals surface area (Å²) in [6.07, 6.45) is 4.48. The van der Waals surface area contributed by atoms with Crippen molar-refractivity contribution in [3.05, 3.63) is 27.9 Å². The summed E-state index contributed by atoms with van der Waals surface area (Å²) < 4.78 is 0. The maximum atomic E-state index is 12.7. The van der Waals surface area contributed by atoms with Crippen molar-refractivity contribution in [2.75, 3.05) is 19.6 Å². The van der Waals surface area contributed by atoms with E-state index in [0.29, 0.717) is 43.1 Å². The maximum Gasteiger partial charge on any atom is 0.272 e. The number of H-pyrrole nitrogens is 1. The quantitative estimate of drug-likeness (QED) is 0.850. The Labute approximate surface area is 139 Å². The average Bonchev–Trinajstić information content (AvgIpc) is 3.35. The first kappa shape index (κ1) is 15.4. The molecular formula is C17H22N4O3. The van der Waals surface area contributed by atoms with Gasteiger partial charge in [0.1, 0.15) is 11.5 Å². The molecule has 1 unspecified atom stereocenters. The van der Waals surface area contributed by atoms with Gasteiger partial charge in [0.05, 0.1) is 0 Å². The highest BCUT2D eigenvalue weighted by Crippen LogP contribution is 2.37. The van der Waals surface area contributed by atoms with Crippen LogP contribution in [0.25, 0.3) is 0 Å². The molecule has 24 heavy (non-hydrogen) atoms. The minimum Gasteiger partial charge on any atom is -0.356 e. The van der Waals surface area contributed by atoms with Crippen LogP contribution in [0.2, 0.25) is 0 Å². The molecule has 3 aliphatic rings. The summed E-state index contributed by atoms with van der Waals surface area (Å²) in [5, 5.41) is 2.89. The predicted octanol–water partition coefficient (Wildman–Crippen LogP) is 0.636. The first-order chi connectivity index (χ1) is 11.6. The average molecular weight is 330 g/mol. The largest absolute Gasteiger partial charge is 0.356 e. The van der Waals surface area contributed by atoms with Gasteiger partial charge in [-0.25, -0.2) is 4.98 Å². The van der Waals surface area contributed by atoms with Crippen LogP contribution in [0.4, 0.5) is 0 Å². The van der Waals surface area contributed by atoms with Crippen molar-refractivity contribution in [1.29, 1.82) is 0 Å². The molecule has 0 radical (unpaired) electrons. The zero-order valence-corrected chi connectivity index (χ0v) is 13.6. The summed E-state index contributed by atoms with van der Waals surface area (Å²) in [7, 11) is 0. The van der Waals surface area contributed by atoms with Crippen molar-refractivity contribution in [1.82, 2.24) is 20.2 Å². The van der Waals surface area contributed by atoms with E-state index in [4.69, 9.17) is 0 Å². The molecule has 2 amide bonds. The van der Waals surface area contributed by atoms with E-state index in [2.05, 4.69) is 15.3 Å². The predicted molar refractivity (Wildman–Crippen MR) is 86.6 cm³/mol. The van der Waals surface area contributed by atoms with E-state index in [0.717, 1.165) is 32.2 Å². The summed E-state index contributed by atoms with van der Waals surface area (Å²) in [6.45, 7) is 2.10. The molecule has 1 aliphatic carbocycles. The van der Waals surface area contributed by atoms with Crippen molar-refractivity contribution >= 4 is 11.8 Å². The fraction of sp³-hybridized carbons (Fsp3) is 0.647. The molecule has 0 aromatic carbocycles. The van der Waals surface area contributed by atoms with Crippen molar-refractivity contribution in [2.45, 2.75) is 38.0 Å². The molecule has 2 N–H and O–H groups in total. The lowest BCUT2D eigenvalue weighted by atomic mass is 9.83. The van der Waals surface area contributed by atoms with E-state index in [1.165, 1.54) is 6.07 Å². The molecule has 1 atom stereocenters. The number of carbonyl (C=O) groups excluding carboxylic acids is 2. The molecule has 1 saturated carbocycles. The summed E-state index contributed by atoms with van der Waals surface area (Å²) in [5.74, 6) is 1.83. The molecule has 7 heteroatoms. The lowest BCUT2D eigenvalue weighted by Crippen LogP contribution is -2.41. The van der Waals surface area contributed by atoms with E-state index in [-0.39, 0.29) is 23.1 Å². The molecule has 1 aromatic rings. The van der Waals surface area contributed by atoms with Crippen LogP contribution in [0.3, 0.4) is 0 Å². The number of rotatable bonds is 3. The van der Waals surface area contributed by atoms with E-state index < -0.39 is 0 Å². The topological polar surface area (TPSA) is 95.2 Å². The fourth-order valence-corrected chi connectivity index (χ4v) is 3.83. The van der Waals surface area contributed by atoms with E-state index in [9.17, 15) is 14.4 Å². The summed E-state index contributed by atoms with van der Waals surface area (Å²) in [4.78, 5) is 44.7. The number of amides is 2. The Hall–Kier alpha value is -2.18. The van der Waals surface area contributed by atoms with Gasteiger partial charge >= 0.3 is 0 Å². The number of hydrogen-bond acceptors (Lipinski definition) is 4. The van der Waals surface area contributed by atoms with Crippen LogP contribution in [0.5, 0.6) is 0 Å². The molecule has 3 fully saturated rings. The second-order valence-electron chi connectivity index (χ2n) is 7.19. The number of aromatic amines is 1. The number of likely N-dealkylation sites (tertiary alicyclic amines) is 1. The van der Waals surface area contributed by atoms with Gasteiger partial charge in [0.15, 0.2) is 0 Å². The summed E-state index contributed by atoms with van der Waals surface area (Å²) in [5.41, 5.74) is 0.0116. The van der Waals surface area contributed by atoms with Crippen molar-refractivity contribution in [3.8, 4) is 0 Å². The minimum absolute atomic E-state index is 0.138. The van der Waals surface area contributed by atoms with Gasteiger partial charge in [-0.05, 0) is 37.5 Å². The van der Waals surface area contributed by atoms with Gasteiger partial charge in [-0.1, -0.05) is 0 Å². The van der Waals surface area contributed by atoms with Crippen LogP contribution in [-0.2, 0) is 4.79 Å². The van der Waals surface area contributed by atoms with Crippen molar-refractivity contribution < 1.29 is 9.59 Å². The SMILES string of the molecule is O=C1CC(C2CCN(C(=O)c3cc(=O)[nH]c(C4CC4)n3)CC2)CN1. The third-order valence-electron chi connectivity index (χ3n) is 5.45. The Morgan fingerprint density at radius 1 is 1.12 bits per heavy atom. The van der Waals surface area contributed by atoms with Gasteiger partial charge in [0, 0.05) is 38.0 Å². The van der Waals surface area contributed by atoms with Crippen LogP contribution >= 0.6 is 0 Å². The first-order valence-corrected chi connectivity index (χ1v) is 8.77. The number of nitrogens with one attached hydrogen (secondary N) is 2. The fourth-order valence-electron chi connectivity index (χ4n) is 3.83. The number of nitrogens with zero attached hydrogens (tertiary/aromatic N) is 2. The Morgan fingerprint density at radius 3 is 2.50 bits per heavy atom. The Morgan fingerprint density at radius 2 is 1.88 bits per heavy atom. The van der Waals surface area contributed by atoms with Crippen LogP contribution < -0.4 is 10.9 Å². The molecule has 7 nitrogen and oxygen atoms in total. The smallest absolute Gasteiger partial charge is 0.272 e. The molecule has 4 rings (SSSR count). The highest BCUT2D eigenvalue weighted by atomic mass is 16.2. The van der Waals surface area contributed by atoms with Gasteiger partial charge in [-0.2, -0.15) is 0 Å². The van der Waals surface area contributed by atoms with E-state index >= 15 is 0 Å². The number of carbonyl (C=O) groups is 2. The number of aromatic nitrogens is 2. The second kappa shape index (κ2) is 6.03. The van der Waals surface area contributed by atoms with Crippen LogP contribution in [-0.4, -0.2) is 46.3 Å². The number of hydrogen-bond donors (Lipinski definition) is 2. The highest BCUT2D eigenvalue weighted by Gasteiger charge is 2.34. The monoisotopic (exact) mass is 330 g/mol. The molecule has 0 bridgehead atoms. The molecule has 1 aromatic heterocycles. The van der Waals surface area contributed by atoms with Gasteiger partial charge in [-0.15, -0.1) is 0 Å². The summed E-state index contributed by atoms with van der Waals surface area (Å²) in [6, 6.07) is 1.31. The van der Waals surface area contributed by atoms with Gasteiger partial charge in [0.25, 0.3) is 11.5 Å². The van der Waals surface area contributed by atoms with E-state index in [1.54, 1.807) is 4.90 Å². The zero-order valence-electron chi connectivity index (χ0n) is 13.6. The third kappa shape index (κ3) is 3.07. The number of piperidine rings is 1. The van der Waals surface area contributed by atoms with Crippen LogP contribution in [0.15, 0.2) is 10.9 Å². The normalized spacial score (nSPS) is 24.9. The Balaban J connectivity index is 1.41. The van der Waals surface area contributed by atoms with Crippen molar-refractivity contribution in [2.24, 2.45) is 11.8 Å². The third-order valence-corrected chi connectivity index (χ3v) is 5.45. The van der Waals surface area contributed by atoms with Crippen LogP contribution in [0, 0.1) is 11.8 Å². The Kier molecular flexibility index (Phi) is 3.86. The lowest BCUT2D eigenvalue weighted by Gasteiger charge is -2.34. The van der Waals surface area contributed by atoms with Crippen LogP contribution in [0.1, 0.15) is 54.3 Å². The maximum absolute atomic E-state index is 12.7. The Bertz CT molecular complexity index is 717. The molecular weight excluding hydrogens is 308 g/mol. The lowest BCUT2D eigenvalue weighted by molar-refractivity contribution is -0.119.